The van der Waals surface area contributed by atoms with Crippen LogP contribution in [0.1, 0.15) is 0 Å². The van der Waals surface area contributed by atoms with Crippen LogP contribution in [-0.4, -0.2) is 16.1 Å². The molecule has 3 N–H and O–H groups in total. The molecule has 84 valence electrons. The number of nitrogens with two attached hydrogens (primary N) is 1. The predicted molar refractivity (Wildman–Crippen MR) is 57.8 cm³/mol. The quantitative estimate of drug-likeness (QED) is 0.739. The van der Waals surface area contributed by atoms with Crippen molar-refractivity contribution >= 4 is 10.9 Å². The number of nitrogens with zero attached hydrogens (tertiary/aromatic N) is 1. The molecule has 0 fully saturated rings. The van der Waals surface area contributed by atoms with Crippen LogP contribution < -0.4 is 17.0 Å². The van der Waals surface area contributed by atoms with E-state index in [-0.39, 0.29) is 18.5 Å². The number of hydrogen-bond acceptors (Lipinski definition) is 3. The molecular weight excluding hydrogens is 213 g/mol. The Morgan fingerprint density at radius 2 is 2.12 bits per heavy atom. The number of H-pyrrole nitrogens is 1. The van der Waals surface area contributed by atoms with Crippen molar-refractivity contribution in [2.24, 2.45) is 5.73 Å². The summed E-state index contributed by atoms with van der Waals surface area (Å²) in [7, 11) is 0. The second kappa shape index (κ2) is 3.90. The molecule has 0 atom stereocenters. The van der Waals surface area contributed by atoms with E-state index in [1.165, 1.54) is 12.1 Å². The van der Waals surface area contributed by atoms with E-state index in [4.69, 9.17) is 5.73 Å². The molecule has 16 heavy (non-hydrogen) atoms. The summed E-state index contributed by atoms with van der Waals surface area (Å²) in [5.41, 5.74) is 4.55. The summed E-state index contributed by atoms with van der Waals surface area (Å²) in [5, 5.41) is 0.146. The van der Waals surface area contributed by atoms with E-state index < -0.39 is 17.1 Å². The van der Waals surface area contributed by atoms with Crippen LogP contribution in [0.2, 0.25) is 0 Å². The van der Waals surface area contributed by atoms with Gasteiger partial charge in [-0.3, -0.25) is 9.36 Å². The van der Waals surface area contributed by atoms with E-state index in [9.17, 15) is 14.0 Å². The summed E-state index contributed by atoms with van der Waals surface area (Å²) in [4.78, 5) is 25.8. The highest BCUT2D eigenvalue weighted by Crippen LogP contribution is 2.06. The number of rotatable bonds is 2. The summed E-state index contributed by atoms with van der Waals surface area (Å²) in [6.45, 7) is 0.282. The fourth-order valence-corrected chi connectivity index (χ4v) is 1.55. The molecule has 1 aromatic carbocycles. The molecule has 2 rings (SSSR count). The first-order valence-corrected chi connectivity index (χ1v) is 4.76. The first-order chi connectivity index (χ1) is 7.63. The van der Waals surface area contributed by atoms with Crippen molar-refractivity contribution < 1.29 is 4.39 Å². The fourth-order valence-electron chi connectivity index (χ4n) is 1.55. The minimum absolute atomic E-state index is 0.112. The third-order valence-corrected chi connectivity index (χ3v) is 2.30. The number of nitrogens with one attached hydrogen (secondary N) is 1. The molecule has 1 aromatic heterocycles. The van der Waals surface area contributed by atoms with Crippen molar-refractivity contribution in [1.82, 2.24) is 9.55 Å². The van der Waals surface area contributed by atoms with Crippen LogP contribution in [0.15, 0.2) is 27.8 Å². The average Bonchev–Trinajstić information content (AvgIpc) is 2.26. The molecule has 0 bridgehead atoms. The van der Waals surface area contributed by atoms with Crippen molar-refractivity contribution in [3.8, 4) is 0 Å². The van der Waals surface area contributed by atoms with Gasteiger partial charge in [0.2, 0.25) is 0 Å². The lowest BCUT2D eigenvalue weighted by molar-refractivity contribution is 0.625. The van der Waals surface area contributed by atoms with Gasteiger partial charge in [0.05, 0.1) is 10.9 Å². The SMILES string of the molecule is NCCn1c(=O)[nH]c2ccc(F)cc2c1=O. The average molecular weight is 223 g/mol. The van der Waals surface area contributed by atoms with E-state index in [0.717, 1.165) is 10.6 Å². The normalized spacial score (nSPS) is 10.9. The molecule has 0 amide bonds. The topological polar surface area (TPSA) is 80.9 Å². The number of aromatic amines is 1. The lowest BCUT2D eigenvalue weighted by atomic mass is 10.2. The summed E-state index contributed by atoms with van der Waals surface area (Å²) in [6.07, 6.45) is 0. The van der Waals surface area contributed by atoms with Gasteiger partial charge in [-0.15, -0.1) is 0 Å². The van der Waals surface area contributed by atoms with Crippen LogP contribution in [0.5, 0.6) is 0 Å². The smallest absolute Gasteiger partial charge is 0.328 e. The van der Waals surface area contributed by atoms with Gasteiger partial charge in [0, 0.05) is 13.1 Å². The molecule has 6 heteroatoms. The summed E-state index contributed by atoms with van der Waals surface area (Å²) in [6, 6.07) is 3.64. The van der Waals surface area contributed by atoms with Crippen molar-refractivity contribution in [2.75, 3.05) is 6.54 Å². The number of halogens is 1. The zero-order valence-corrected chi connectivity index (χ0v) is 8.37. The van der Waals surface area contributed by atoms with Crippen LogP contribution in [0.25, 0.3) is 10.9 Å². The first-order valence-electron chi connectivity index (χ1n) is 4.76. The third-order valence-electron chi connectivity index (χ3n) is 2.30. The number of hydrogen-bond donors (Lipinski definition) is 2. The molecule has 5 nitrogen and oxygen atoms in total. The van der Waals surface area contributed by atoms with Crippen molar-refractivity contribution in [3.63, 3.8) is 0 Å². The van der Waals surface area contributed by atoms with Crippen LogP contribution in [0, 0.1) is 5.82 Å². The van der Waals surface area contributed by atoms with Crippen LogP contribution >= 0.6 is 0 Å². The maximum Gasteiger partial charge on any atom is 0.328 e. The highest BCUT2D eigenvalue weighted by Gasteiger charge is 2.07. The van der Waals surface area contributed by atoms with Gasteiger partial charge in [-0.05, 0) is 18.2 Å². The third kappa shape index (κ3) is 1.63. The van der Waals surface area contributed by atoms with Gasteiger partial charge in [0.25, 0.3) is 5.56 Å². The standard InChI is InChI=1S/C10H10FN3O2/c11-6-1-2-8-7(5-6)9(15)14(4-3-12)10(16)13-8/h1-2,5H,3-4,12H2,(H,13,16). The minimum Gasteiger partial charge on any atom is -0.329 e. The zero-order chi connectivity index (χ0) is 11.7. The highest BCUT2D eigenvalue weighted by atomic mass is 19.1. The van der Waals surface area contributed by atoms with Crippen LogP contribution in [-0.2, 0) is 6.54 Å². The predicted octanol–water partition coefficient (Wildman–Crippen LogP) is -0.212. The highest BCUT2D eigenvalue weighted by molar-refractivity contribution is 5.77. The van der Waals surface area contributed by atoms with E-state index in [0.29, 0.717) is 5.52 Å². The summed E-state index contributed by atoms with van der Waals surface area (Å²) < 4.78 is 13.9. The zero-order valence-electron chi connectivity index (χ0n) is 8.37. The number of fused-ring (bicyclic) bond motifs is 1. The fraction of sp³-hybridized carbons (Fsp3) is 0.200. The largest absolute Gasteiger partial charge is 0.329 e. The summed E-state index contributed by atoms with van der Waals surface area (Å²) in [5.74, 6) is -0.518. The second-order valence-corrected chi connectivity index (χ2v) is 3.37. The molecule has 0 aliphatic carbocycles. The van der Waals surface area contributed by atoms with Gasteiger partial charge in [0.1, 0.15) is 5.82 Å². The Balaban J connectivity index is 2.85. The van der Waals surface area contributed by atoms with Gasteiger partial charge in [-0.2, -0.15) is 0 Å². The van der Waals surface area contributed by atoms with Gasteiger partial charge in [0.15, 0.2) is 0 Å². The van der Waals surface area contributed by atoms with Gasteiger partial charge < -0.3 is 10.7 Å². The Kier molecular flexibility index (Phi) is 2.57. The molecule has 2 aromatic rings. The Hall–Kier alpha value is -1.95. The van der Waals surface area contributed by atoms with E-state index in [1.54, 1.807) is 0 Å². The van der Waals surface area contributed by atoms with Crippen LogP contribution in [0.4, 0.5) is 4.39 Å². The maximum atomic E-state index is 13.0. The molecule has 0 unspecified atom stereocenters. The Labute approximate surface area is 89.3 Å². The van der Waals surface area contributed by atoms with Crippen molar-refractivity contribution in [1.29, 1.82) is 0 Å². The van der Waals surface area contributed by atoms with E-state index in [2.05, 4.69) is 4.98 Å². The van der Waals surface area contributed by atoms with Crippen molar-refractivity contribution in [2.45, 2.75) is 6.54 Å². The van der Waals surface area contributed by atoms with E-state index in [1.807, 2.05) is 0 Å². The molecule has 0 saturated carbocycles. The lowest BCUT2D eigenvalue weighted by Crippen LogP contribution is -2.37. The molecule has 0 radical (unpaired) electrons. The van der Waals surface area contributed by atoms with Crippen molar-refractivity contribution in [3.05, 3.63) is 44.9 Å². The van der Waals surface area contributed by atoms with Gasteiger partial charge in [-0.25, -0.2) is 9.18 Å². The maximum absolute atomic E-state index is 13.0. The second-order valence-electron chi connectivity index (χ2n) is 3.37. The monoisotopic (exact) mass is 223 g/mol. The number of aromatic nitrogens is 2. The Morgan fingerprint density at radius 3 is 2.81 bits per heavy atom. The summed E-state index contributed by atoms with van der Waals surface area (Å²) >= 11 is 0. The van der Waals surface area contributed by atoms with Gasteiger partial charge >= 0.3 is 5.69 Å². The molecule has 0 aliphatic heterocycles. The van der Waals surface area contributed by atoms with Crippen LogP contribution in [0.3, 0.4) is 0 Å². The Morgan fingerprint density at radius 1 is 1.38 bits per heavy atom. The molecule has 0 saturated heterocycles. The number of benzene rings is 1. The first kappa shape index (κ1) is 10.6. The Bertz CT molecular complexity index is 645. The van der Waals surface area contributed by atoms with E-state index >= 15 is 0 Å². The molecular formula is C10H10FN3O2. The van der Waals surface area contributed by atoms with Gasteiger partial charge in [-0.1, -0.05) is 0 Å². The minimum atomic E-state index is -0.533. The molecule has 0 spiro atoms. The molecule has 1 heterocycles. The lowest BCUT2D eigenvalue weighted by Gasteiger charge is -2.04. The molecule has 0 aliphatic rings.